The zero-order chi connectivity index (χ0) is 15.9. The van der Waals surface area contributed by atoms with Gasteiger partial charge in [0.2, 0.25) is 5.91 Å². The van der Waals surface area contributed by atoms with Crippen molar-refractivity contribution in [3.63, 3.8) is 0 Å². The molecule has 2 fully saturated rings. The van der Waals surface area contributed by atoms with Gasteiger partial charge in [0, 0.05) is 24.9 Å². The Kier molecular flexibility index (Phi) is 6.71. The van der Waals surface area contributed by atoms with E-state index in [1.807, 2.05) is 4.90 Å². The molecule has 0 spiro atoms. The minimum Gasteiger partial charge on any atom is -0.481 e. The van der Waals surface area contributed by atoms with Crippen LogP contribution in [0, 0.1) is 11.8 Å². The highest BCUT2D eigenvalue weighted by Gasteiger charge is 2.31. The summed E-state index contributed by atoms with van der Waals surface area (Å²) in [6.07, 6.45) is 11.5. The maximum Gasteiger partial charge on any atom is 0.303 e. The lowest BCUT2D eigenvalue weighted by atomic mass is 9.82. The highest BCUT2D eigenvalue weighted by atomic mass is 16.4. The van der Waals surface area contributed by atoms with Crippen molar-refractivity contribution < 1.29 is 14.7 Å². The third-order valence-electron chi connectivity index (χ3n) is 5.43. The Hall–Kier alpha value is -1.06. The molecule has 0 bridgehead atoms. The zero-order valence-corrected chi connectivity index (χ0v) is 13.9. The standard InChI is InChI=1S/C18H31NO3/c1-14(13-15-7-3-2-4-8-15)18(22)19-12-6-5-9-16(19)10-11-17(20)21/h14-16H,2-13H2,1H3,(H,20,21). The molecule has 1 heterocycles. The van der Waals surface area contributed by atoms with Crippen LogP contribution in [0.2, 0.25) is 0 Å². The van der Waals surface area contributed by atoms with Crippen LogP contribution in [-0.4, -0.2) is 34.5 Å². The number of aliphatic carboxylic acids is 1. The summed E-state index contributed by atoms with van der Waals surface area (Å²) in [5, 5.41) is 8.89. The average Bonchev–Trinajstić information content (AvgIpc) is 2.53. The van der Waals surface area contributed by atoms with Crippen molar-refractivity contribution in [1.29, 1.82) is 0 Å². The number of carboxylic acids is 1. The maximum absolute atomic E-state index is 12.8. The second-order valence-electron chi connectivity index (χ2n) is 7.25. The van der Waals surface area contributed by atoms with Crippen LogP contribution in [-0.2, 0) is 9.59 Å². The normalized spacial score (nSPS) is 25.0. The summed E-state index contributed by atoms with van der Waals surface area (Å²) in [5.74, 6) is 0.317. The summed E-state index contributed by atoms with van der Waals surface area (Å²) in [7, 11) is 0. The van der Waals surface area contributed by atoms with Crippen molar-refractivity contribution in [3.8, 4) is 0 Å². The van der Waals surface area contributed by atoms with E-state index in [0.717, 1.165) is 38.1 Å². The number of carboxylic acid groups (broad SMARTS) is 1. The van der Waals surface area contributed by atoms with Gasteiger partial charge in [-0.3, -0.25) is 9.59 Å². The van der Waals surface area contributed by atoms with Gasteiger partial charge in [-0.1, -0.05) is 39.0 Å². The molecule has 0 aromatic heterocycles. The van der Waals surface area contributed by atoms with E-state index in [4.69, 9.17) is 5.11 Å². The van der Waals surface area contributed by atoms with Crippen molar-refractivity contribution in [1.82, 2.24) is 4.90 Å². The number of likely N-dealkylation sites (tertiary alicyclic amines) is 1. The molecule has 1 saturated heterocycles. The summed E-state index contributed by atoms with van der Waals surface area (Å²) in [6.45, 7) is 2.89. The Morgan fingerprint density at radius 2 is 1.77 bits per heavy atom. The number of carbonyl (C=O) groups is 2. The molecule has 1 saturated carbocycles. The number of rotatable bonds is 6. The summed E-state index contributed by atoms with van der Waals surface area (Å²) < 4.78 is 0. The molecular formula is C18H31NO3. The fourth-order valence-electron chi connectivity index (χ4n) is 4.19. The van der Waals surface area contributed by atoms with Crippen LogP contribution in [0.3, 0.4) is 0 Å². The van der Waals surface area contributed by atoms with Crippen LogP contribution in [0.5, 0.6) is 0 Å². The molecule has 2 aliphatic rings. The van der Waals surface area contributed by atoms with E-state index in [1.54, 1.807) is 0 Å². The number of amides is 1. The molecule has 126 valence electrons. The first-order chi connectivity index (χ1) is 10.6. The molecule has 2 unspecified atom stereocenters. The molecule has 2 rings (SSSR count). The van der Waals surface area contributed by atoms with Gasteiger partial charge in [-0.15, -0.1) is 0 Å². The van der Waals surface area contributed by atoms with Crippen LogP contribution in [0.1, 0.15) is 77.6 Å². The fourth-order valence-corrected chi connectivity index (χ4v) is 4.19. The van der Waals surface area contributed by atoms with Crippen molar-refractivity contribution in [2.24, 2.45) is 11.8 Å². The van der Waals surface area contributed by atoms with Gasteiger partial charge in [-0.2, -0.15) is 0 Å². The van der Waals surface area contributed by atoms with Crippen LogP contribution in [0.25, 0.3) is 0 Å². The summed E-state index contributed by atoms with van der Waals surface area (Å²) >= 11 is 0. The van der Waals surface area contributed by atoms with Gasteiger partial charge in [0.05, 0.1) is 0 Å². The first kappa shape index (κ1) is 17.3. The molecule has 4 heteroatoms. The Balaban J connectivity index is 1.87. The van der Waals surface area contributed by atoms with Gasteiger partial charge in [0.15, 0.2) is 0 Å². The lowest BCUT2D eigenvalue weighted by molar-refractivity contribution is -0.142. The van der Waals surface area contributed by atoms with Gasteiger partial charge < -0.3 is 10.0 Å². The highest BCUT2D eigenvalue weighted by Crippen LogP contribution is 2.31. The highest BCUT2D eigenvalue weighted by molar-refractivity contribution is 5.79. The summed E-state index contributed by atoms with van der Waals surface area (Å²) in [4.78, 5) is 25.6. The number of nitrogens with zero attached hydrogens (tertiary/aromatic N) is 1. The van der Waals surface area contributed by atoms with Crippen molar-refractivity contribution in [3.05, 3.63) is 0 Å². The molecule has 22 heavy (non-hydrogen) atoms. The molecule has 1 N–H and O–H groups in total. The summed E-state index contributed by atoms with van der Waals surface area (Å²) in [5.41, 5.74) is 0. The van der Waals surface area contributed by atoms with Crippen molar-refractivity contribution in [2.75, 3.05) is 6.54 Å². The zero-order valence-electron chi connectivity index (χ0n) is 13.9. The molecular weight excluding hydrogens is 278 g/mol. The minimum absolute atomic E-state index is 0.0912. The predicted octanol–water partition coefficient (Wildman–Crippen LogP) is 3.84. The third-order valence-corrected chi connectivity index (χ3v) is 5.43. The largest absolute Gasteiger partial charge is 0.481 e. The van der Waals surface area contributed by atoms with Crippen LogP contribution in [0.4, 0.5) is 0 Å². The predicted molar refractivity (Wildman–Crippen MR) is 86.6 cm³/mol. The Labute approximate surface area is 134 Å². The lowest BCUT2D eigenvalue weighted by Crippen LogP contribution is -2.46. The topological polar surface area (TPSA) is 57.6 Å². The molecule has 0 radical (unpaired) electrons. The van der Waals surface area contributed by atoms with Crippen LogP contribution in [0.15, 0.2) is 0 Å². The Morgan fingerprint density at radius 1 is 1.09 bits per heavy atom. The monoisotopic (exact) mass is 309 g/mol. The van der Waals surface area contributed by atoms with E-state index in [9.17, 15) is 9.59 Å². The smallest absolute Gasteiger partial charge is 0.303 e. The van der Waals surface area contributed by atoms with E-state index in [0.29, 0.717) is 6.42 Å². The number of piperidine rings is 1. The molecule has 0 aromatic carbocycles. The van der Waals surface area contributed by atoms with Crippen molar-refractivity contribution in [2.45, 2.75) is 83.6 Å². The molecule has 1 amide bonds. The van der Waals surface area contributed by atoms with Crippen LogP contribution >= 0.6 is 0 Å². The molecule has 1 aliphatic carbocycles. The van der Waals surface area contributed by atoms with E-state index < -0.39 is 5.97 Å². The van der Waals surface area contributed by atoms with Crippen LogP contribution < -0.4 is 0 Å². The van der Waals surface area contributed by atoms with Gasteiger partial charge in [0.1, 0.15) is 0 Å². The fraction of sp³-hybridized carbons (Fsp3) is 0.889. The average molecular weight is 309 g/mol. The maximum atomic E-state index is 12.8. The Morgan fingerprint density at radius 3 is 2.45 bits per heavy atom. The minimum atomic E-state index is -0.756. The van der Waals surface area contributed by atoms with Crippen molar-refractivity contribution >= 4 is 11.9 Å². The number of hydrogen-bond acceptors (Lipinski definition) is 2. The molecule has 1 aliphatic heterocycles. The van der Waals surface area contributed by atoms with Gasteiger partial charge >= 0.3 is 5.97 Å². The van der Waals surface area contributed by atoms with E-state index in [2.05, 4.69) is 6.92 Å². The first-order valence-corrected chi connectivity index (χ1v) is 9.10. The number of hydrogen-bond donors (Lipinski definition) is 1. The number of carbonyl (C=O) groups excluding carboxylic acids is 1. The van der Waals surface area contributed by atoms with E-state index in [-0.39, 0.29) is 24.3 Å². The second-order valence-corrected chi connectivity index (χ2v) is 7.25. The molecule has 0 aromatic rings. The quantitative estimate of drug-likeness (QED) is 0.811. The third kappa shape index (κ3) is 4.99. The SMILES string of the molecule is CC(CC1CCCCC1)C(=O)N1CCCCC1CCC(=O)O. The van der Waals surface area contributed by atoms with Gasteiger partial charge in [-0.05, 0) is 38.0 Å². The van der Waals surface area contributed by atoms with Gasteiger partial charge in [0.25, 0.3) is 0 Å². The Bertz CT molecular complexity index is 377. The van der Waals surface area contributed by atoms with E-state index >= 15 is 0 Å². The summed E-state index contributed by atoms with van der Waals surface area (Å²) in [6, 6.07) is 0.145. The lowest BCUT2D eigenvalue weighted by Gasteiger charge is -2.38. The first-order valence-electron chi connectivity index (χ1n) is 9.10. The molecule has 2 atom stereocenters. The molecule has 4 nitrogen and oxygen atoms in total. The van der Waals surface area contributed by atoms with E-state index in [1.165, 1.54) is 32.1 Å². The van der Waals surface area contributed by atoms with Gasteiger partial charge in [-0.25, -0.2) is 0 Å². The second kappa shape index (κ2) is 8.54.